The van der Waals surface area contributed by atoms with E-state index in [4.69, 9.17) is 0 Å². The van der Waals surface area contributed by atoms with Crippen LogP contribution < -0.4 is 0 Å². The normalized spacial score (nSPS) is 26.7. The van der Waals surface area contributed by atoms with Crippen LogP contribution in [0.1, 0.15) is 114 Å². The third kappa shape index (κ3) is 7.82. The van der Waals surface area contributed by atoms with Gasteiger partial charge in [-0.15, -0.1) is 0 Å². The number of benzene rings is 1. The Kier molecular flexibility index (Phi) is 9.81. The van der Waals surface area contributed by atoms with E-state index in [2.05, 4.69) is 19.1 Å². The summed E-state index contributed by atoms with van der Waals surface area (Å²) in [6.45, 7) is 2.25. The van der Waals surface area contributed by atoms with Gasteiger partial charge in [-0.05, 0) is 92.7 Å². The van der Waals surface area contributed by atoms with Gasteiger partial charge in [0.2, 0.25) is 0 Å². The standard InChI is InChI=1S/C28H39F5/c1-2-3-4-5-6-7-20-8-10-21(11-9-20)12-13-22-14-16-23(17-15-22)24-18-25(29)27(26(30)19-24)28(31,32)33/h12-13,18-23H,2-11,14-17H2,1H3. The zero-order chi connectivity index (χ0) is 23.8. The molecule has 0 aromatic heterocycles. The van der Waals surface area contributed by atoms with Gasteiger partial charge in [0, 0.05) is 0 Å². The van der Waals surface area contributed by atoms with Gasteiger partial charge in [-0.3, -0.25) is 0 Å². The van der Waals surface area contributed by atoms with Crippen LogP contribution in [0.25, 0.3) is 0 Å². The molecular formula is C28H39F5. The van der Waals surface area contributed by atoms with E-state index in [0.717, 1.165) is 43.7 Å². The Morgan fingerprint density at radius 1 is 0.758 bits per heavy atom. The summed E-state index contributed by atoms with van der Waals surface area (Å²) in [5.74, 6) is -1.06. The highest BCUT2D eigenvalue weighted by molar-refractivity contribution is 5.31. The third-order valence-corrected chi connectivity index (χ3v) is 7.85. The Morgan fingerprint density at radius 3 is 1.79 bits per heavy atom. The molecule has 3 rings (SSSR count). The molecule has 0 bridgehead atoms. The minimum absolute atomic E-state index is 0.0753. The van der Waals surface area contributed by atoms with Crippen LogP contribution in [0.4, 0.5) is 22.0 Å². The zero-order valence-electron chi connectivity index (χ0n) is 19.9. The lowest BCUT2D eigenvalue weighted by Crippen LogP contribution is -2.16. The maximum absolute atomic E-state index is 13.9. The first-order chi connectivity index (χ1) is 15.8. The smallest absolute Gasteiger partial charge is 0.206 e. The summed E-state index contributed by atoms with van der Waals surface area (Å²) in [4.78, 5) is 0. The molecular weight excluding hydrogens is 431 g/mol. The van der Waals surface area contributed by atoms with Crippen molar-refractivity contribution in [3.8, 4) is 0 Å². The first kappa shape index (κ1) is 26.2. The quantitative estimate of drug-likeness (QED) is 0.191. The SMILES string of the molecule is CCCCCCCC1CCC(C=CC2CCC(c3cc(F)c(C(F)(F)F)c(F)c3)CC2)CC1. The Morgan fingerprint density at radius 2 is 1.27 bits per heavy atom. The fourth-order valence-electron chi connectivity index (χ4n) is 5.76. The number of hydrogen-bond donors (Lipinski definition) is 0. The van der Waals surface area contributed by atoms with Crippen LogP contribution in [0.3, 0.4) is 0 Å². The van der Waals surface area contributed by atoms with E-state index >= 15 is 0 Å². The summed E-state index contributed by atoms with van der Waals surface area (Å²) < 4.78 is 66.3. The summed E-state index contributed by atoms with van der Waals surface area (Å²) in [7, 11) is 0. The number of halogens is 5. The lowest BCUT2D eigenvalue weighted by atomic mass is 9.76. The molecule has 0 amide bonds. The molecule has 2 fully saturated rings. The van der Waals surface area contributed by atoms with Gasteiger partial charge in [-0.25, -0.2) is 8.78 Å². The maximum atomic E-state index is 13.9. The van der Waals surface area contributed by atoms with Crippen LogP contribution in [0.5, 0.6) is 0 Å². The molecule has 0 unspecified atom stereocenters. The van der Waals surface area contributed by atoms with Crippen molar-refractivity contribution in [2.45, 2.75) is 109 Å². The van der Waals surface area contributed by atoms with Crippen molar-refractivity contribution in [1.29, 1.82) is 0 Å². The van der Waals surface area contributed by atoms with E-state index in [9.17, 15) is 22.0 Å². The Labute approximate surface area is 196 Å². The molecule has 0 aliphatic heterocycles. The van der Waals surface area contributed by atoms with Gasteiger partial charge in [0.1, 0.15) is 17.2 Å². The van der Waals surface area contributed by atoms with Crippen molar-refractivity contribution in [2.24, 2.45) is 17.8 Å². The van der Waals surface area contributed by atoms with Crippen molar-refractivity contribution >= 4 is 0 Å². The molecule has 0 radical (unpaired) electrons. The second-order valence-electron chi connectivity index (χ2n) is 10.3. The van der Waals surface area contributed by atoms with Crippen LogP contribution in [0.15, 0.2) is 24.3 Å². The topological polar surface area (TPSA) is 0 Å². The molecule has 0 heterocycles. The molecule has 5 heteroatoms. The molecule has 0 N–H and O–H groups in total. The van der Waals surface area contributed by atoms with Crippen LogP contribution >= 0.6 is 0 Å². The first-order valence-corrected chi connectivity index (χ1v) is 13.0. The van der Waals surface area contributed by atoms with Gasteiger partial charge >= 0.3 is 6.18 Å². The molecule has 186 valence electrons. The van der Waals surface area contributed by atoms with E-state index in [0.29, 0.717) is 17.4 Å². The number of rotatable bonds is 9. The van der Waals surface area contributed by atoms with Crippen LogP contribution in [-0.4, -0.2) is 0 Å². The minimum Gasteiger partial charge on any atom is -0.206 e. The molecule has 2 aliphatic rings. The molecule has 2 aliphatic carbocycles. The molecule has 1 aromatic rings. The average molecular weight is 471 g/mol. The second kappa shape index (κ2) is 12.4. The van der Waals surface area contributed by atoms with Gasteiger partial charge in [0.25, 0.3) is 0 Å². The Hall–Kier alpha value is -1.39. The Bertz CT molecular complexity index is 727. The maximum Gasteiger partial charge on any atom is 0.422 e. The molecule has 0 nitrogen and oxygen atoms in total. The highest BCUT2D eigenvalue weighted by Crippen LogP contribution is 2.40. The summed E-state index contributed by atoms with van der Waals surface area (Å²) in [6.07, 6.45) is 16.4. The largest absolute Gasteiger partial charge is 0.422 e. The van der Waals surface area contributed by atoms with Crippen LogP contribution in [-0.2, 0) is 6.18 Å². The second-order valence-corrected chi connectivity index (χ2v) is 10.3. The molecule has 0 atom stereocenters. The highest BCUT2D eigenvalue weighted by atomic mass is 19.4. The third-order valence-electron chi connectivity index (χ3n) is 7.85. The van der Waals surface area contributed by atoms with Crippen molar-refractivity contribution in [3.63, 3.8) is 0 Å². The van der Waals surface area contributed by atoms with Crippen molar-refractivity contribution in [2.75, 3.05) is 0 Å². The molecule has 2 saturated carbocycles. The van der Waals surface area contributed by atoms with Gasteiger partial charge in [-0.1, -0.05) is 57.6 Å². The van der Waals surface area contributed by atoms with E-state index < -0.39 is 23.4 Å². The van der Waals surface area contributed by atoms with Gasteiger partial charge in [-0.2, -0.15) is 13.2 Å². The first-order valence-electron chi connectivity index (χ1n) is 13.0. The number of alkyl halides is 3. The fraction of sp³-hybridized carbons (Fsp3) is 0.714. The highest BCUT2D eigenvalue weighted by Gasteiger charge is 2.38. The average Bonchev–Trinajstić information content (AvgIpc) is 2.77. The van der Waals surface area contributed by atoms with Crippen LogP contribution in [0, 0.1) is 29.4 Å². The molecule has 0 spiro atoms. The molecule has 0 saturated heterocycles. The fourth-order valence-corrected chi connectivity index (χ4v) is 5.76. The van der Waals surface area contributed by atoms with E-state index in [1.165, 1.54) is 64.2 Å². The van der Waals surface area contributed by atoms with Crippen molar-refractivity contribution in [3.05, 3.63) is 47.0 Å². The number of unbranched alkanes of at least 4 members (excludes halogenated alkanes) is 4. The summed E-state index contributed by atoms with van der Waals surface area (Å²) >= 11 is 0. The van der Waals surface area contributed by atoms with Gasteiger partial charge in [0.05, 0.1) is 0 Å². The predicted molar refractivity (Wildman–Crippen MR) is 124 cm³/mol. The molecule has 1 aromatic carbocycles. The van der Waals surface area contributed by atoms with Crippen LogP contribution in [0.2, 0.25) is 0 Å². The van der Waals surface area contributed by atoms with Crippen molar-refractivity contribution in [1.82, 2.24) is 0 Å². The minimum atomic E-state index is -5.01. The van der Waals surface area contributed by atoms with E-state index in [1.807, 2.05) is 0 Å². The number of allylic oxidation sites excluding steroid dienone is 2. The lowest BCUT2D eigenvalue weighted by Gasteiger charge is -2.29. The zero-order valence-corrected chi connectivity index (χ0v) is 19.9. The number of hydrogen-bond acceptors (Lipinski definition) is 0. The van der Waals surface area contributed by atoms with E-state index in [-0.39, 0.29) is 5.92 Å². The molecule has 33 heavy (non-hydrogen) atoms. The van der Waals surface area contributed by atoms with Gasteiger partial charge in [0.15, 0.2) is 0 Å². The summed E-state index contributed by atoms with van der Waals surface area (Å²) in [5, 5.41) is 0. The summed E-state index contributed by atoms with van der Waals surface area (Å²) in [6, 6.07) is 1.77. The van der Waals surface area contributed by atoms with Crippen molar-refractivity contribution < 1.29 is 22.0 Å². The lowest BCUT2D eigenvalue weighted by molar-refractivity contribution is -0.142. The predicted octanol–water partition coefficient (Wildman–Crippen LogP) is 9.98. The monoisotopic (exact) mass is 470 g/mol. The van der Waals surface area contributed by atoms with Gasteiger partial charge < -0.3 is 0 Å². The van der Waals surface area contributed by atoms with E-state index in [1.54, 1.807) is 0 Å². The summed E-state index contributed by atoms with van der Waals surface area (Å²) in [5.41, 5.74) is -1.43. The Balaban J connectivity index is 1.40.